The molecule has 0 spiro atoms. The highest BCUT2D eigenvalue weighted by atomic mass is 35.5. The summed E-state index contributed by atoms with van der Waals surface area (Å²) in [6.45, 7) is 2.03. The summed E-state index contributed by atoms with van der Waals surface area (Å²) in [6.07, 6.45) is 2.16. The van der Waals surface area contributed by atoms with Gasteiger partial charge in [-0.25, -0.2) is 4.68 Å². The first kappa shape index (κ1) is 18.5. The van der Waals surface area contributed by atoms with Crippen molar-refractivity contribution >= 4 is 29.1 Å². The molecule has 3 aromatic rings. The molecule has 0 N–H and O–H groups in total. The molecule has 0 aliphatic carbocycles. The lowest BCUT2D eigenvalue weighted by molar-refractivity contribution is -0.127. The Bertz CT molecular complexity index is 963. The van der Waals surface area contributed by atoms with E-state index in [1.54, 1.807) is 35.8 Å². The van der Waals surface area contributed by atoms with Crippen molar-refractivity contribution in [2.75, 3.05) is 14.1 Å². The van der Waals surface area contributed by atoms with E-state index in [0.29, 0.717) is 10.0 Å². The Hall–Kier alpha value is -2.30. The second-order valence-corrected chi connectivity index (χ2v) is 7.19. The van der Waals surface area contributed by atoms with Gasteiger partial charge < -0.3 is 4.90 Å². The zero-order valence-corrected chi connectivity index (χ0v) is 16.3. The maximum absolute atomic E-state index is 12.3. The van der Waals surface area contributed by atoms with Crippen molar-refractivity contribution in [1.82, 2.24) is 14.7 Å². The molecule has 1 aromatic heterocycles. The quantitative estimate of drug-likeness (QED) is 0.645. The summed E-state index contributed by atoms with van der Waals surface area (Å²) in [5.74, 6) is 0.00935. The molecule has 0 unspecified atom stereocenters. The molecule has 134 valence electrons. The van der Waals surface area contributed by atoms with Crippen LogP contribution >= 0.6 is 23.2 Å². The van der Waals surface area contributed by atoms with Crippen LogP contribution in [0.25, 0.3) is 16.9 Å². The third-order valence-corrected chi connectivity index (χ3v) is 4.83. The van der Waals surface area contributed by atoms with Gasteiger partial charge in [-0.05, 0) is 36.8 Å². The minimum Gasteiger partial charge on any atom is -0.349 e. The molecule has 0 aliphatic rings. The molecular weight excluding hydrogens is 369 g/mol. The van der Waals surface area contributed by atoms with Crippen LogP contribution in [0.3, 0.4) is 0 Å². The predicted molar refractivity (Wildman–Crippen MR) is 106 cm³/mol. The van der Waals surface area contributed by atoms with Crippen molar-refractivity contribution in [2.24, 2.45) is 0 Å². The standard InChI is InChI=1S/C20H19Cl2N3O/c1-13-5-4-6-16(9-13)25-12-15(11-19(26)24(2)3)20(23-25)14-7-8-17(21)18(22)10-14/h4-10,12H,11H2,1-3H3. The minimum absolute atomic E-state index is 0.00935. The van der Waals surface area contributed by atoms with Crippen LogP contribution in [0.5, 0.6) is 0 Å². The first-order valence-electron chi connectivity index (χ1n) is 8.16. The van der Waals surface area contributed by atoms with Crippen LogP contribution in [0.4, 0.5) is 0 Å². The van der Waals surface area contributed by atoms with Crippen molar-refractivity contribution in [3.63, 3.8) is 0 Å². The van der Waals surface area contributed by atoms with Crippen molar-refractivity contribution < 1.29 is 4.79 Å². The van der Waals surface area contributed by atoms with Crippen LogP contribution in [0, 0.1) is 6.92 Å². The highest BCUT2D eigenvalue weighted by molar-refractivity contribution is 6.42. The molecule has 1 heterocycles. The van der Waals surface area contributed by atoms with Crippen molar-refractivity contribution in [2.45, 2.75) is 13.3 Å². The third-order valence-electron chi connectivity index (χ3n) is 4.09. The lowest BCUT2D eigenvalue weighted by Gasteiger charge is -2.10. The highest BCUT2D eigenvalue weighted by Crippen LogP contribution is 2.30. The molecule has 3 rings (SSSR count). The van der Waals surface area contributed by atoms with Gasteiger partial charge in [0.2, 0.25) is 5.91 Å². The lowest BCUT2D eigenvalue weighted by Crippen LogP contribution is -2.23. The predicted octanol–water partition coefficient (Wildman–Crippen LogP) is 4.79. The van der Waals surface area contributed by atoms with Gasteiger partial charge in [-0.3, -0.25) is 4.79 Å². The van der Waals surface area contributed by atoms with Gasteiger partial charge in [0.25, 0.3) is 0 Å². The van der Waals surface area contributed by atoms with E-state index >= 15 is 0 Å². The van der Waals surface area contributed by atoms with Gasteiger partial charge in [0.05, 0.1) is 27.8 Å². The summed E-state index contributed by atoms with van der Waals surface area (Å²) >= 11 is 12.2. The van der Waals surface area contributed by atoms with E-state index in [9.17, 15) is 4.79 Å². The molecule has 0 aliphatic heterocycles. The first-order valence-corrected chi connectivity index (χ1v) is 8.92. The maximum Gasteiger partial charge on any atom is 0.226 e. The van der Waals surface area contributed by atoms with Crippen LogP contribution in [0.15, 0.2) is 48.7 Å². The second kappa shape index (κ2) is 7.52. The second-order valence-electron chi connectivity index (χ2n) is 6.38. The molecule has 6 heteroatoms. The van der Waals surface area contributed by atoms with E-state index < -0.39 is 0 Å². The van der Waals surface area contributed by atoms with Crippen LogP contribution < -0.4 is 0 Å². The molecule has 0 fully saturated rings. The summed E-state index contributed by atoms with van der Waals surface area (Å²) in [4.78, 5) is 13.8. The molecule has 2 aromatic carbocycles. The van der Waals surface area contributed by atoms with E-state index in [0.717, 1.165) is 28.1 Å². The number of rotatable bonds is 4. The number of likely N-dealkylation sites (N-methyl/N-ethyl adjacent to an activating group) is 1. The number of carbonyl (C=O) groups is 1. The van der Waals surface area contributed by atoms with Crippen molar-refractivity contribution in [1.29, 1.82) is 0 Å². The van der Waals surface area contributed by atoms with E-state index in [-0.39, 0.29) is 12.3 Å². The SMILES string of the molecule is Cc1cccc(-n2cc(CC(=O)N(C)C)c(-c3ccc(Cl)c(Cl)c3)n2)c1. The Kier molecular flexibility index (Phi) is 5.35. The van der Waals surface area contributed by atoms with Gasteiger partial charge in [0, 0.05) is 31.4 Å². The average molecular weight is 388 g/mol. The smallest absolute Gasteiger partial charge is 0.226 e. The number of nitrogens with zero attached hydrogens (tertiary/aromatic N) is 3. The van der Waals surface area contributed by atoms with Gasteiger partial charge in [0.1, 0.15) is 0 Å². The van der Waals surface area contributed by atoms with E-state index in [1.165, 1.54) is 0 Å². The number of hydrogen-bond acceptors (Lipinski definition) is 2. The molecule has 0 saturated carbocycles. The van der Waals surface area contributed by atoms with Crippen molar-refractivity contribution in [3.05, 3.63) is 69.8 Å². The summed E-state index contributed by atoms with van der Waals surface area (Å²) in [6, 6.07) is 13.4. The topological polar surface area (TPSA) is 38.1 Å². The number of carbonyl (C=O) groups excluding carboxylic acids is 1. The Morgan fingerprint density at radius 2 is 1.88 bits per heavy atom. The molecule has 0 radical (unpaired) electrons. The zero-order chi connectivity index (χ0) is 18.8. The molecule has 0 bridgehead atoms. The van der Waals surface area contributed by atoms with Crippen LogP contribution in [0.1, 0.15) is 11.1 Å². The molecule has 4 nitrogen and oxygen atoms in total. The van der Waals surface area contributed by atoms with E-state index in [1.807, 2.05) is 43.5 Å². The van der Waals surface area contributed by atoms with E-state index in [2.05, 4.69) is 0 Å². The molecule has 1 amide bonds. The minimum atomic E-state index is 0.00935. The van der Waals surface area contributed by atoms with Gasteiger partial charge in [-0.15, -0.1) is 0 Å². The van der Waals surface area contributed by atoms with Gasteiger partial charge in [-0.1, -0.05) is 41.4 Å². The summed E-state index contributed by atoms with van der Waals surface area (Å²) in [5.41, 5.74) is 4.46. The Labute approximate surface area is 163 Å². The highest BCUT2D eigenvalue weighted by Gasteiger charge is 2.17. The number of benzene rings is 2. The fraction of sp³-hybridized carbons (Fsp3) is 0.200. The molecular formula is C20H19Cl2N3O. The van der Waals surface area contributed by atoms with E-state index in [4.69, 9.17) is 28.3 Å². The van der Waals surface area contributed by atoms with Crippen LogP contribution in [-0.4, -0.2) is 34.7 Å². The Balaban J connectivity index is 2.11. The summed E-state index contributed by atoms with van der Waals surface area (Å²) in [5, 5.41) is 5.66. The zero-order valence-electron chi connectivity index (χ0n) is 14.8. The maximum atomic E-state index is 12.3. The van der Waals surface area contributed by atoms with Crippen LogP contribution in [0.2, 0.25) is 10.0 Å². The normalized spacial score (nSPS) is 10.8. The number of hydrogen-bond donors (Lipinski definition) is 0. The molecule has 0 saturated heterocycles. The van der Waals surface area contributed by atoms with Gasteiger partial charge >= 0.3 is 0 Å². The fourth-order valence-electron chi connectivity index (χ4n) is 2.65. The largest absolute Gasteiger partial charge is 0.349 e. The number of aryl methyl sites for hydroxylation is 1. The Morgan fingerprint density at radius 1 is 1.12 bits per heavy atom. The third kappa shape index (κ3) is 3.92. The van der Waals surface area contributed by atoms with Crippen LogP contribution in [-0.2, 0) is 11.2 Å². The van der Waals surface area contributed by atoms with Gasteiger partial charge in [0.15, 0.2) is 0 Å². The molecule has 26 heavy (non-hydrogen) atoms. The molecule has 0 atom stereocenters. The summed E-state index contributed by atoms with van der Waals surface area (Å²) in [7, 11) is 3.48. The monoisotopic (exact) mass is 387 g/mol. The lowest BCUT2D eigenvalue weighted by atomic mass is 10.1. The summed E-state index contributed by atoms with van der Waals surface area (Å²) < 4.78 is 1.79. The fourth-order valence-corrected chi connectivity index (χ4v) is 2.95. The van der Waals surface area contributed by atoms with Gasteiger partial charge in [-0.2, -0.15) is 5.10 Å². The number of aromatic nitrogens is 2. The number of amides is 1. The average Bonchev–Trinajstić information content (AvgIpc) is 3.01. The number of halogens is 2. The van der Waals surface area contributed by atoms with Crippen molar-refractivity contribution in [3.8, 4) is 16.9 Å². The first-order chi connectivity index (χ1) is 12.3. The Morgan fingerprint density at radius 3 is 2.54 bits per heavy atom.